The van der Waals surface area contributed by atoms with Gasteiger partial charge in [0.15, 0.2) is 0 Å². The summed E-state index contributed by atoms with van der Waals surface area (Å²) in [7, 11) is 0. The molecule has 0 bridgehead atoms. The normalized spacial score (nSPS) is 11.8. The Bertz CT molecular complexity index is 1170. The first-order valence-electron chi connectivity index (χ1n) is 8.72. The molecule has 0 atom stereocenters. The van der Waals surface area contributed by atoms with E-state index in [1.807, 2.05) is 37.4 Å². The number of fused-ring (bicyclic) bond motifs is 1. The number of aromatic nitrogens is 3. The molecule has 0 amide bonds. The van der Waals surface area contributed by atoms with E-state index in [4.69, 9.17) is 16.6 Å². The predicted molar refractivity (Wildman–Crippen MR) is 105 cm³/mol. The number of para-hydroxylation sites is 1. The Hall–Kier alpha value is -3.06. The van der Waals surface area contributed by atoms with Gasteiger partial charge in [0.2, 0.25) is 0 Å². The molecule has 4 nitrogen and oxygen atoms in total. The van der Waals surface area contributed by atoms with Gasteiger partial charge in [-0.3, -0.25) is 4.68 Å². The number of rotatable bonds is 4. The van der Waals surface area contributed by atoms with Crippen molar-refractivity contribution in [1.82, 2.24) is 14.8 Å². The summed E-state index contributed by atoms with van der Waals surface area (Å²) in [5.74, 6) is -0.256. The van der Waals surface area contributed by atoms with Crippen molar-refractivity contribution in [3.8, 4) is 17.0 Å². The summed E-state index contributed by atoms with van der Waals surface area (Å²) in [4.78, 5) is 4.71. The van der Waals surface area contributed by atoms with Crippen LogP contribution in [0, 0.1) is 6.92 Å². The van der Waals surface area contributed by atoms with E-state index in [2.05, 4.69) is 9.84 Å². The quantitative estimate of drug-likeness (QED) is 0.408. The van der Waals surface area contributed by atoms with E-state index < -0.39 is 6.36 Å². The second kappa shape index (κ2) is 7.40. The second-order valence-electron chi connectivity index (χ2n) is 6.53. The van der Waals surface area contributed by atoms with Crippen molar-refractivity contribution >= 4 is 22.5 Å². The molecule has 29 heavy (non-hydrogen) atoms. The maximum Gasteiger partial charge on any atom is 0.573 e. The van der Waals surface area contributed by atoms with Crippen LogP contribution in [0.25, 0.3) is 22.2 Å². The highest BCUT2D eigenvalue weighted by molar-refractivity contribution is 6.36. The molecule has 0 saturated carbocycles. The number of halogens is 4. The van der Waals surface area contributed by atoms with Gasteiger partial charge in [0.25, 0.3) is 0 Å². The van der Waals surface area contributed by atoms with E-state index in [0.29, 0.717) is 11.6 Å². The Morgan fingerprint density at radius 2 is 1.79 bits per heavy atom. The standard InChI is InChI=1S/C21H15ClF3N3O/c1-13-19(22)17-4-2-3-5-18(17)27-20(13)15-10-26-28(12-15)11-14-6-8-16(9-7-14)29-21(23,24)25/h2-10,12H,11H2,1H3. The van der Waals surface area contributed by atoms with Crippen LogP contribution in [0.1, 0.15) is 11.1 Å². The monoisotopic (exact) mass is 417 g/mol. The Morgan fingerprint density at radius 1 is 1.07 bits per heavy atom. The van der Waals surface area contributed by atoms with Crippen molar-refractivity contribution in [1.29, 1.82) is 0 Å². The molecule has 0 N–H and O–H groups in total. The molecular formula is C21H15ClF3N3O. The van der Waals surface area contributed by atoms with Gasteiger partial charge in [-0.05, 0) is 36.2 Å². The molecular weight excluding hydrogens is 403 g/mol. The summed E-state index contributed by atoms with van der Waals surface area (Å²) in [6, 6.07) is 13.3. The van der Waals surface area contributed by atoms with Crippen molar-refractivity contribution in [3.05, 3.63) is 77.1 Å². The average molecular weight is 418 g/mol. The van der Waals surface area contributed by atoms with Crippen LogP contribution < -0.4 is 4.74 Å². The summed E-state index contributed by atoms with van der Waals surface area (Å²) in [5, 5.41) is 5.89. The Balaban J connectivity index is 1.58. The maximum absolute atomic E-state index is 12.3. The van der Waals surface area contributed by atoms with Crippen molar-refractivity contribution in [2.75, 3.05) is 0 Å². The smallest absolute Gasteiger partial charge is 0.406 e. The molecule has 0 aliphatic carbocycles. The highest BCUT2D eigenvalue weighted by atomic mass is 35.5. The molecule has 0 unspecified atom stereocenters. The lowest BCUT2D eigenvalue weighted by Crippen LogP contribution is -2.17. The average Bonchev–Trinajstić information content (AvgIpc) is 3.13. The Labute approximate surface area is 169 Å². The number of pyridine rings is 1. The lowest BCUT2D eigenvalue weighted by Gasteiger charge is -2.09. The molecule has 0 aliphatic rings. The van der Waals surface area contributed by atoms with Crippen LogP contribution in [0.5, 0.6) is 5.75 Å². The van der Waals surface area contributed by atoms with Gasteiger partial charge in [0.05, 0.1) is 29.0 Å². The van der Waals surface area contributed by atoms with Crippen LogP contribution in [0.15, 0.2) is 60.9 Å². The molecule has 0 spiro atoms. The molecule has 0 fully saturated rings. The minimum atomic E-state index is -4.70. The third-order valence-electron chi connectivity index (χ3n) is 4.47. The number of benzene rings is 2. The van der Waals surface area contributed by atoms with Crippen LogP contribution in [-0.2, 0) is 6.54 Å². The Morgan fingerprint density at radius 3 is 2.52 bits per heavy atom. The Kier molecular flexibility index (Phi) is 4.92. The molecule has 8 heteroatoms. The van der Waals surface area contributed by atoms with Gasteiger partial charge >= 0.3 is 6.36 Å². The number of hydrogen-bond acceptors (Lipinski definition) is 3. The molecule has 2 heterocycles. The first-order valence-corrected chi connectivity index (χ1v) is 9.10. The van der Waals surface area contributed by atoms with E-state index in [1.54, 1.807) is 23.0 Å². The zero-order valence-electron chi connectivity index (χ0n) is 15.2. The minimum absolute atomic E-state index is 0.256. The summed E-state index contributed by atoms with van der Waals surface area (Å²) >= 11 is 6.52. The lowest BCUT2D eigenvalue weighted by molar-refractivity contribution is -0.274. The van der Waals surface area contributed by atoms with E-state index in [0.717, 1.165) is 33.3 Å². The van der Waals surface area contributed by atoms with Gasteiger partial charge in [-0.2, -0.15) is 5.10 Å². The first-order chi connectivity index (χ1) is 13.8. The highest BCUT2D eigenvalue weighted by Crippen LogP contribution is 2.32. The van der Waals surface area contributed by atoms with Crippen LogP contribution in [-0.4, -0.2) is 21.1 Å². The molecule has 2 aromatic carbocycles. The van der Waals surface area contributed by atoms with Gasteiger partial charge in [0, 0.05) is 17.1 Å². The summed E-state index contributed by atoms with van der Waals surface area (Å²) in [6.45, 7) is 2.31. The van der Waals surface area contributed by atoms with E-state index in [1.165, 1.54) is 12.1 Å². The van der Waals surface area contributed by atoms with E-state index in [-0.39, 0.29) is 5.75 Å². The lowest BCUT2D eigenvalue weighted by atomic mass is 10.1. The molecule has 0 saturated heterocycles. The van der Waals surface area contributed by atoms with Crippen molar-refractivity contribution < 1.29 is 17.9 Å². The molecule has 0 radical (unpaired) electrons. The zero-order chi connectivity index (χ0) is 20.6. The summed E-state index contributed by atoms with van der Waals surface area (Å²) in [5.41, 5.74) is 4.00. The highest BCUT2D eigenvalue weighted by Gasteiger charge is 2.30. The summed E-state index contributed by atoms with van der Waals surface area (Å²) in [6.07, 6.45) is -1.17. The number of ether oxygens (including phenoxy) is 1. The van der Waals surface area contributed by atoms with Gasteiger partial charge in [-0.1, -0.05) is 41.9 Å². The van der Waals surface area contributed by atoms with Crippen molar-refractivity contribution in [2.45, 2.75) is 19.8 Å². The third kappa shape index (κ3) is 4.19. The van der Waals surface area contributed by atoms with Crippen LogP contribution in [0.2, 0.25) is 5.02 Å². The van der Waals surface area contributed by atoms with Gasteiger partial charge < -0.3 is 4.74 Å². The van der Waals surface area contributed by atoms with Crippen molar-refractivity contribution in [3.63, 3.8) is 0 Å². The number of hydrogen-bond donors (Lipinski definition) is 0. The topological polar surface area (TPSA) is 39.9 Å². The fourth-order valence-corrected chi connectivity index (χ4v) is 3.35. The molecule has 4 aromatic rings. The van der Waals surface area contributed by atoms with Crippen LogP contribution in [0.3, 0.4) is 0 Å². The fraction of sp³-hybridized carbons (Fsp3) is 0.143. The SMILES string of the molecule is Cc1c(-c2cnn(Cc3ccc(OC(F)(F)F)cc3)c2)nc2ccccc2c1Cl. The van der Waals surface area contributed by atoms with Gasteiger partial charge in [-0.15, -0.1) is 13.2 Å². The number of nitrogens with zero attached hydrogens (tertiary/aromatic N) is 3. The van der Waals surface area contributed by atoms with Crippen LogP contribution in [0.4, 0.5) is 13.2 Å². The van der Waals surface area contributed by atoms with E-state index >= 15 is 0 Å². The largest absolute Gasteiger partial charge is 0.573 e. The minimum Gasteiger partial charge on any atom is -0.406 e. The summed E-state index contributed by atoms with van der Waals surface area (Å²) < 4.78 is 42.4. The maximum atomic E-state index is 12.3. The molecule has 0 aliphatic heterocycles. The molecule has 148 valence electrons. The van der Waals surface area contributed by atoms with Crippen molar-refractivity contribution in [2.24, 2.45) is 0 Å². The fourth-order valence-electron chi connectivity index (χ4n) is 3.10. The first kappa shape index (κ1) is 19.3. The molecule has 4 rings (SSSR count). The van der Waals surface area contributed by atoms with E-state index in [9.17, 15) is 13.2 Å². The third-order valence-corrected chi connectivity index (χ3v) is 4.95. The zero-order valence-corrected chi connectivity index (χ0v) is 16.0. The van der Waals surface area contributed by atoms with Gasteiger partial charge in [-0.25, -0.2) is 4.98 Å². The second-order valence-corrected chi connectivity index (χ2v) is 6.91. The molecule has 2 aromatic heterocycles. The number of alkyl halides is 3. The van der Waals surface area contributed by atoms with Gasteiger partial charge in [0.1, 0.15) is 5.75 Å². The van der Waals surface area contributed by atoms with Crippen LogP contribution >= 0.6 is 11.6 Å². The predicted octanol–water partition coefficient (Wildman–Crippen LogP) is 6.01.